The predicted molar refractivity (Wildman–Crippen MR) is 144 cm³/mol. The van der Waals surface area contributed by atoms with Crippen molar-refractivity contribution < 1.29 is 14.6 Å². The van der Waals surface area contributed by atoms with E-state index in [1.807, 2.05) is 30.3 Å². The Labute approximate surface area is 218 Å². The number of ether oxygens (including phenoxy) is 1. The van der Waals surface area contributed by atoms with Gasteiger partial charge in [0.25, 0.3) is 5.56 Å². The molecule has 1 fully saturated rings. The van der Waals surface area contributed by atoms with E-state index < -0.39 is 12.1 Å². The molecule has 1 aliphatic rings. The molecule has 1 saturated carbocycles. The van der Waals surface area contributed by atoms with Crippen molar-refractivity contribution in [2.24, 2.45) is 5.10 Å². The SMILES string of the molecule is C[C@@H](Oc1c(I)cc(C=Nn2c(C3CCCCC3)nc3ccccc3c2=O)cc1I)C(=O)O. The summed E-state index contributed by atoms with van der Waals surface area (Å²) in [5.74, 6) is 0.428. The monoisotopic (exact) mass is 671 g/mol. The summed E-state index contributed by atoms with van der Waals surface area (Å²) < 4.78 is 8.59. The lowest BCUT2D eigenvalue weighted by molar-refractivity contribution is -0.144. The number of fused-ring (bicyclic) bond motifs is 1. The number of carbonyl (C=O) groups is 1. The largest absolute Gasteiger partial charge is 0.479 e. The topological polar surface area (TPSA) is 93.8 Å². The third-order valence-corrected chi connectivity index (χ3v) is 7.34. The molecule has 0 saturated heterocycles. The van der Waals surface area contributed by atoms with Gasteiger partial charge in [0.05, 0.1) is 24.3 Å². The average Bonchev–Trinajstić information content (AvgIpc) is 2.81. The summed E-state index contributed by atoms with van der Waals surface area (Å²) in [6.45, 7) is 1.50. The molecule has 1 atom stereocenters. The molecule has 0 radical (unpaired) electrons. The van der Waals surface area contributed by atoms with Gasteiger partial charge in [-0.15, -0.1) is 0 Å². The zero-order valence-corrected chi connectivity index (χ0v) is 22.3. The van der Waals surface area contributed by atoms with E-state index in [1.54, 1.807) is 12.3 Å². The molecule has 1 heterocycles. The highest BCUT2D eigenvalue weighted by Gasteiger charge is 2.22. The van der Waals surface area contributed by atoms with Crippen molar-refractivity contribution in [3.05, 3.63) is 65.3 Å². The van der Waals surface area contributed by atoms with Crippen molar-refractivity contribution in [1.82, 2.24) is 9.66 Å². The summed E-state index contributed by atoms with van der Waals surface area (Å²) in [7, 11) is 0. The number of hydrogen-bond acceptors (Lipinski definition) is 5. The Morgan fingerprint density at radius 2 is 1.88 bits per heavy atom. The van der Waals surface area contributed by atoms with Crippen LogP contribution in [0.5, 0.6) is 5.75 Å². The van der Waals surface area contributed by atoms with Crippen LogP contribution in [-0.2, 0) is 4.79 Å². The summed E-state index contributed by atoms with van der Waals surface area (Å²) in [4.78, 5) is 29.3. The van der Waals surface area contributed by atoms with Crippen LogP contribution in [-0.4, -0.2) is 33.1 Å². The van der Waals surface area contributed by atoms with Crippen LogP contribution >= 0.6 is 45.2 Å². The number of nitrogens with zero attached hydrogens (tertiary/aromatic N) is 3. The highest BCUT2D eigenvalue weighted by molar-refractivity contribution is 14.1. The molecule has 1 N–H and O–H groups in total. The zero-order valence-electron chi connectivity index (χ0n) is 18.0. The fraction of sp³-hybridized carbons (Fsp3) is 0.333. The van der Waals surface area contributed by atoms with Crippen LogP contribution in [0.15, 0.2) is 46.3 Å². The van der Waals surface area contributed by atoms with Crippen molar-refractivity contribution in [2.75, 3.05) is 0 Å². The van der Waals surface area contributed by atoms with Crippen molar-refractivity contribution >= 4 is 68.3 Å². The first kappa shape index (κ1) is 24.1. The quantitative estimate of drug-likeness (QED) is 0.281. The predicted octanol–water partition coefficient (Wildman–Crippen LogP) is 5.39. The molecular formula is C24H23I2N3O4. The van der Waals surface area contributed by atoms with Crippen molar-refractivity contribution in [1.29, 1.82) is 0 Å². The molecular weight excluding hydrogens is 648 g/mol. The maximum Gasteiger partial charge on any atom is 0.344 e. The van der Waals surface area contributed by atoms with Crippen LogP contribution in [0.3, 0.4) is 0 Å². The number of para-hydroxylation sites is 1. The van der Waals surface area contributed by atoms with E-state index in [2.05, 4.69) is 50.3 Å². The Morgan fingerprint density at radius 3 is 2.55 bits per heavy atom. The number of aliphatic carboxylic acids is 1. The van der Waals surface area contributed by atoms with Crippen molar-refractivity contribution in [3.63, 3.8) is 0 Å². The zero-order chi connectivity index (χ0) is 23.5. The molecule has 0 bridgehead atoms. The van der Waals surface area contributed by atoms with Gasteiger partial charge in [-0.3, -0.25) is 4.79 Å². The first-order valence-corrected chi connectivity index (χ1v) is 13.0. The third kappa shape index (κ3) is 5.39. The Hall–Kier alpha value is -2.02. The lowest BCUT2D eigenvalue weighted by atomic mass is 9.88. The maximum atomic E-state index is 13.3. The minimum Gasteiger partial charge on any atom is -0.479 e. The first-order chi connectivity index (χ1) is 15.8. The number of benzene rings is 2. The van der Waals surface area contributed by atoms with Gasteiger partial charge in [0.2, 0.25) is 0 Å². The Kier molecular flexibility index (Phi) is 7.67. The van der Waals surface area contributed by atoms with E-state index in [0.29, 0.717) is 22.5 Å². The Morgan fingerprint density at radius 1 is 1.21 bits per heavy atom. The second-order valence-corrected chi connectivity index (χ2v) is 10.4. The van der Waals surface area contributed by atoms with E-state index in [9.17, 15) is 9.59 Å². The number of halogens is 2. The number of aromatic nitrogens is 2. The Bertz CT molecular complexity index is 1260. The fourth-order valence-corrected chi connectivity index (χ4v) is 6.07. The minimum atomic E-state index is -1.02. The van der Waals surface area contributed by atoms with Crippen LogP contribution < -0.4 is 10.3 Å². The van der Waals surface area contributed by atoms with Crippen molar-refractivity contribution in [2.45, 2.75) is 51.0 Å². The lowest BCUT2D eigenvalue weighted by Crippen LogP contribution is -2.25. The fourth-order valence-electron chi connectivity index (χ4n) is 4.00. The highest BCUT2D eigenvalue weighted by Crippen LogP contribution is 2.32. The molecule has 0 aliphatic heterocycles. The van der Waals surface area contributed by atoms with Gasteiger partial charge in [0, 0.05) is 5.92 Å². The van der Waals surface area contributed by atoms with Gasteiger partial charge in [0.15, 0.2) is 6.10 Å². The molecule has 2 aromatic carbocycles. The lowest BCUT2D eigenvalue weighted by Gasteiger charge is -2.22. The molecule has 33 heavy (non-hydrogen) atoms. The molecule has 172 valence electrons. The van der Waals surface area contributed by atoms with E-state index in [-0.39, 0.29) is 11.5 Å². The first-order valence-electron chi connectivity index (χ1n) is 10.8. The standard InChI is InChI=1S/C24H23I2N3O4/c1-14(24(31)32)33-21-18(25)11-15(12-19(21)26)13-27-29-22(16-7-3-2-4-8-16)28-20-10-6-5-9-17(20)23(29)30/h5-6,9-14,16H,2-4,7-8H2,1H3,(H,31,32)/t14-/m1/s1. The molecule has 4 rings (SSSR count). The second kappa shape index (κ2) is 10.5. The van der Waals surface area contributed by atoms with Gasteiger partial charge in [-0.05, 0) is 94.8 Å². The van der Waals surface area contributed by atoms with Gasteiger partial charge in [-0.2, -0.15) is 9.78 Å². The van der Waals surface area contributed by atoms with Gasteiger partial charge in [0.1, 0.15) is 11.6 Å². The van der Waals surface area contributed by atoms with Gasteiger partial charge in [-0.1, -0.05) is 31.4 Å². The van der Waals surface area contributed by atoms with E-state index in [0.717, 1.165) is 38.4 Å². The second-order valence-electron chi connectivity index (χ2n) is 8.10. The molecule has 0 amide bonds. The molecule has 0 unspecified atom stereocenters. The van der Waals surface area contributed by atoms with Crippen LogP contribution in [0.4, 0.5) is 0 Å². The van der Waals surface area contributed by atoms with Crippen LogP contribution in [0.1, 0.15) is 56.3 Å². The number of carboxylic acids is 1. The van der Waals surface area contributed by atoms with E-state index in [4.69, 9.17) is 14.8 Å². The summed E-state index contributed by atoms with van der Waals surface area (Å²) in [6, 6.07) is 11.1. The molecule has 0 spiro atoms. The molecule has 7 nitrogen and oxygen atoms in total. The minimum absolute atomic E-state index is 0.169. The number of carboxylic acid groups (broad SMARTS) is 1. The third-order valence-electron chi connectivity index (χ3n) is 5.73. The van der Waals surface area contributed by atoms with Gasteiger partial charge < -0.3 is 9.84 Å². The van der Waals surface area contributed by atoms with Gasteiger partial charge >= 0.3 is 5.97 Å². The highest BCUT2D eigenvalue weighted by atomic mass is 127. The summed E-state index contributed by atoms with van der Waals surface area (Å²) >= 11 is 4.24. The van der Waals surface area contributed by atoms with Crippen LogP contribution in [0.25, 0.3) is 10.9 Å². The summed E-state index contributed by atoms with van der Waals surface area (Å²) in [5.41, 5.74) is 1.32. The molecule has 1 aliphatic carbocycles. The number of hydrogen-bond donors (Lipinski definition) is 1. The van der Waals surface area contributed by atoms with E-state index >= 15 is 0 Å². The normalized spacial score (nSPS) is 15.7. The van der Waals surface area contributed by atoms with E-state index in [1.165, 1.54) is 18.0 Å². The summed E-state index contributed by atoms with van der Waals surface area (Å²) in [5, 5.41) is 14.3. The molecule has 9 heteroatoms. The molecule has 1 aromatic heterocycles. The number of rotatable bonds is 6. The maximum absolute atomic E-state index is 13.3. The van der Waals surface area contributed by atoms with Crippen LogP contribution in [0, 0.1) is 7.14 Å². The smallest absolute Gasteiger partial charge is 0.344 e. The van der Waals surface area contributed by atoms with Crippen molar-refractivity contribution in [3.8, 4) is 5.75 Å². The summed E-state index contributed by atoms with van der Waals surface area (Å²) in [6.07, 6.45) is 6.18. The van der Waals surface area contributed by atoms with Crippen LogP contribution in [0.2, 0.25) is 0 Å². The molecule has 3 aromatic rings. The van der Waals surface area contributed by atoms with Gasteiger partial charge in [-0.25, -0.2) is 9.78 Å². The Balaban J connectivity index is 1.74. The average molecular weight is 671 g/mol.